The lowest BCUT2D eigenvalue weighted by molar-refractivity contribution is 0.602. The molecule has 0 N–H and O–H groups in total. The third-order valence-electron chi connectivity index (χ3n) is 1.49. The van der Waals surface area contributed by atoms with Crippen LogP contribution < -0.4 is 0 Å². The summed E-state index contributed by atoms with van der Waals surface area (Å²) in [6.45, 7) is 1.77. The van der Waals surface area contributed by atoms with Crippen LogP contribution in [0.25, 0.3) is 0 Å². The molecule has 1 rings (SSSR count). The molecular formula is C8H8ClO2S. The lowest BCUT2D eigenvalue weighted by Gasteiger charge is -2.00. The Kier molecular flexibility index (Phi) is 2.44. The van der Waals surface area contributed by atoms with Crippen LogP contribution in [0, 0.1) is 13.0 Å². The van der Waals surface area contributed by atoms with Crippen LogP contribution in [0.1, 0.15) is 5.56 Å². The van der Waals surface area contributed by atoms with Gasteiger partial charge in [0, 0.05) is 11.3 Å². The molecule has 0 aromatic heterocycles. The van der Waals surface area contributed by atoms with E-state index in [4.69, 9.17) is 11.6 Å². The van der Waals surface area contributed by atoms with Gasteiger partial charge in [-0.15, -0.1) is 0 Å². The zero-order valence-electron chi connectivity index (χ0n) is 6.76. The number of sulfone groups is 1. The van der Waals surface area contributed by atoms with Crippen LogP contribution >= 0.6 is 11.6 Å². The van der Waals surface area contributed by atoms with Gasteiger partial charge in [0.05, 0.1) is 4.90 Å². The average molecular weight is 204 g/mol. The van der Waals surface area contributed by atoms with Gasteiger partial charge in [-0.2, -0.15) is 0 Å². The van der Waals surface area contributed by atoms with Crippen molar-refractivity contribution in [2.45, 2.75) is 11.8 Å². The second-order valence-electron chi connectivity index (χ2n) is 2.58. The molecule has 0 aliphatic carbocycles. The van der Waals surface area contributed by atoms with Gasteiger partial charge in [-0.3, -0.25) is 0 Å². The van der Waals surface area contributed by atoms with Gasteiger partial charge in [-0.05, 0) is 30.7 Å². The fraction of sp³-hybridized carbons (Fsp3) is 0.250. The number of hydrogen-bond donors (Lipinski definition) is 0. The first kappa shape index (κ1) is 9.55. The van der Waals surface area contributed by atoms with E-state index >= 15 is 0 Å². The van der Waals surface area contributed by atoms with Crippen LogP contribution in [-0.4, -0.2) is 14.7 Å². The quantitative estimate of drug-likeness (QED) is 0.698. The zero-order valence-corrected chi connectivity index (χ0v) is 8.33. The molecule has 0 aliphatic rings. The summed E-state index contributed by atoms with van der Waals surface area (Å²) in [6.07, 6.45) is 1.14. The Balaban J connectivity index is 3.33. The van der Waals surface area contributed by atoms with Gasteiger partial charge in [0.15, 0.2) is 9.84 Å². The van der Waals surface area contributed by atoms with Crippen molar-refractivity contribution in [3.8, 4) is 0 Å². The fourth-order valence-corrected chi connectivity index (χ4v) is 1.58. The molecule has 1 aromatic rings. The van der Waals surface area contributed by atoms with E-state index in [-0.39, 0.29) is 4.90 Å². The number of benzene rings is 1. The Hall–Kier alpha value is -0.540. The maximum atomic E-state index is 11.0. The molecule has 0 heterocycles. The largest absolute Gasteiger partial charge is 0.224 e. The highest BCUT2D eigenvalue weighted by Crippen LogP contribution is 2.18. The van der Waals surface area contributed by atoms with Gasteiger partial charge in [0.1, 0.15) is 0 Å². The van der Waals surface area contributed by atoms with E-state index in [0.29, 0.717) is 5.02 Å². The third kappa shape index (κ3) is 1.99. The summed E-state index contributed by atoms with van der Waals surface area (Å²) in [5.74, 6) is 0. The minimum Gasteiger partial charge on any atom is -0.224 e. The fourth-order valence-electron chi connectivity index (χ4n) is 0.737. The molecule has 65 valence electrons. The van der Waals surface area contributed by atoms with Crippen LogP contribution in [0.15, 0.2) is 17.0 Å². The lowest BCUT2D eigenvalue weighted by Crippen LogP contribution is -1.96. The summed E-state index contributed by atoms with van der Waals surface area (Å²) in [5.41, 5.74) is 0.754. The minimum absolute atomic E-state index is 0.207. The molecule has 4 heteroatoms. The SMILES string of the molecule is Cc1[c]cc(S(C)(=O)=O)cc1Cl. The van der Waals surface area contributed by atoms with Gasteiger partial charge in [0.2, 0.25) is 0 Å². The van der Waals surface area contributed by atoms with Crippen molar-refractivity contribution in [2.24, 2.45) is 0 Å². The Morgan fingerprint density at radius 3 is 2.50 bits per heavy atom. The summed E-state index contributed by atoms with van der Waals surface area (Å²) in [6, 6.07) is 5.62. The van der Waals surface area contributed by atoms with Crippen molar-refractivity contribution in [3.05, 3.63) is 28.8 Å². The highest BCUT2D eigenvalue weighted by molar-refractivity contribution is 7.90. The van der Waals surface area contributed by atoms with Crippen LogP contribution in [-0.2, 0) is 9.84 Å². The topological polar surface area (TPSA) is 34.1 Å². The molecule has 0 spiro atoms. The van der Waals surface area contributed by atoms with E-state index in [1.807, 2.05) is 0 Å². The Labute approximate surface area is 77.1 Å². The van der Waals surface area contributed by atoms with Crippen LogP contribution in [0.5, 0.6) is 0 Å². The van der Waals surface area contributed by atoms with Gasteiger partial charge >= 0.3 is 0 Å². The number of hydrogen-bond acceptors (Lipinski definition) is 2. The molecule has 0 saturated heterocycles. The smallest absolute Gasteiger partial charge is 0.175 e. The zero-order chi connectivity index (χ0) is 9.35. The molecule has 1 aromatic carbocycles. The monoisotopic (exact) mass is 203 g/mol. The molecule has 0 aliphatic heterocycles. The Morgan fingerprint density at radius 2 is 2.08 bits per heavy atom. The molecule has 0 atom stereocenters. The highest BCUT2D eigenvalue weighted by Gasteiger charge is 2.07. The molecule has 12 heavy (non-hydrogen) atoms. The molecule has 1 radical (unpaired) electrons. The first-order valence-corrected chi connectivity index (χ1v) is 5.56. The van der Waals surface area contributed by atoms with Crippen LogP contribution in [0.3, 0.4) is 0 Å². The summed E-state index contributed by atoms with van der Waals surface area (Å²) < 4.78 is 22.0. The molecule has 0 saturated carbocycles. The average Bonchev–Trinajstić information content (AvgIpc) is 1.92. The van der Waals surface area contributed by atoms with E-state index in [0.717, 1.165) is 11.8 Å². The Bertz CT molecular complexity index is 396. The number of aryl methyl sites for hydroxylation is 1. The second-order valence-corrected chi connectivity index (χ2v) is 5.00. The van der Waals surface area contributed by atoms with Crippen LogP contribution in [0.2, 0.25) is 5.02 Å². The number of rotatable bonds is 1. The Morgan fingerprint density at radius 1 is 1.50 bits per heavy atom. The summed E-state index contributed by atoms with van der Waals surface area (Å²) in [7, 11) is -3.16. The van der Waals surface area contributed by atoms with Crippen molar-refractivity contribution in [3.63, 3.8) is 0 Å². The van der Waals surface area contributed by atoms with Crippen molar-refractivity contribution in [1.82, 2.24) is 0 Å². The standard InChI is InChI=1S/C8H8ClO2S/c1-6-3-4-7(5-8(6)9)12(2,10)11/h4-5H,1-2H3. The summed E-state index contributed by atoms with van der Waals surface area (Å²) in [5, 5.41) is 0.429. The molecular weight excluding hydrogens is 196 g/mol. The van der Waals surface area contributed by atoms with Gasteiger partial charge in [-0.1, -0.05) is 11.6 Å². The molecule has 0 amide bonds. The van der Waals surface area contributed by atoms with Crippen molar-refractivity contribution >= 4 is 21.4 Å². The van der Waals surface area contributed by atoms with Gasteiger partial charge in [-0.25, -0.2) is 8.42 Å². The van der Waals surface area contributed by atoms with E-state index in [9.17, 15) is 8.42 Å². The molecule has 0 bridgehead atoms. The second kappa shape index (κ2) is 3.07. The predicted octanol–water partition coefficient (Wildman–Crippen LogP) is 1.85. The van der Waals surface area contributed by atoms with Gasteiger partial charge < -0.3 is 0 Å². The first-order chi connectivity index (χ1) is 5.41. The maximum Gasteiger partial charge on any atom is 0.175 e. The van der Waals surface area contributed by atoms with E-state index in [1.165, 1.54) is 12.1 Å². The highest BCUT2D eigenvalue weighted by atomic mass is 35.5. The number of halogens is 1. The molecule has 0 unspecified atom stereocenters. The van der Waals surface area contributed by atoms with Crippen molar-refractivity contribution in [1.29, 1.82) is 0 Å². The maximum absolute atomic E-state index is 11.0. The summed E-state index contributed by atoms with van der Waals surface area (Å²) >= 11 is 5.72. The minimum atomic E-state index is -3.16. The molecule has 0 fully saturated rings. The summed E-state index contributed by atoms with van der Waals surface area (Å²) in [4.78, 5) is 0.207. The van der Waals surface area contributed by atoms with E-state index in [1.54, 1.807) is 6.92 Å². The molecule has 2 nitrogen and oxygen atoms in total. The lowest BCUT2D eigenvalue weighted by atomic mass is 10.2. The normalized spacial score (nSPS) is 11.6. The van der Waals surface area contributed by atoms with Crippen molar-refractivity contribution in [2.75, 3.05) is 6.26 Å². The van der Waals surface area contributed by atoms with Crippen LogP contribution in [0.4, 0.5) is 0 Å². The van der Waals surface area contributed by atoms with E-state index < -0.39 is 9.84 Å². The first-order valence-electron chi connectivity index (χ1n) is 3.29. The van der Waals surface area contributed by atoms with Gasteiger partial charge in [0.25, 0.3) is 0 Å². The predicted molar refractivity (Wildman–Crippen MR) is 48.1 cm³/mol. The third-order valence-corrected chi connectivity index (χ3v) is 2.97. The van der Waals surface area contributed by atoms with Crippen molar-refractivity contribution < 1.29 is 8.42 Å². The van der Waals surface area contributed by atoms with E-state index in [2.05, 4.69) is 6.07 Å².